The van der Waals surface area contributed by atoms with E-state index in [0.717, 1.165) is 43.4 Å². The van der Waals surface area contributed by atoms with Crippen LogP contribution in [0.3, 0.4) is 0 Å². The molecule has 0 atom stereocenters. The molecule has 2 aromatic carbocycles. The van der Waals surface area contributed by atoms with Crippen molar-refractivity contribution < 1.29 is 22.5 Å². The summed E-state index contributed by atoms with van der Waals surface area (Å²) in [6, 6.07) is 15.8. The molecular formula is C22H29NO5S. The molecule has 6 nitrogen and oxygen atoms in total. The zero-order chi connectivity index (χ0) is 21.3. The normalized spacial score (nSPS) is 19.0. The van der Waals surface area contributed by atoms with Gasteiger partial charge in [0.2, 0.25) is 0 Å². The number of rotatable bonds is 5. The first-order valence-corrected chi connectivity index (χ1v) is 11.2. The van der Waals surface area contributed by atoms with E-state index in [0.29, 0.717) is 12.5 Å². The second-order valence-electron chi connectivity index (χ2n) is 7.33. The monoisotopic (exact) mass is 419 g/mol. The van der Waals surface area contributed by atoms with Crippen molar-refractivity contribution in [2.75, 3.05) is 6.54 Å². The number of nitrogens with two attached hydrogens (primary N) is 1. The van der Waals surface area contributed by atoms with Crippen LogP contribution < -0.4 is 5.73 Å². The molecule has 0 aromatic heterocycles. The lowest BCUT2D eigenvalue weighted by Gasteiger charge is -2.26. The summed E-state index contributed by atoms with van der Waals surface area (Å²) in [6.45, 7) is 2.97. The Morgan fingerprint density at radius 3 is 2.14 bits per heavy atom. The van der Waals surface area contributed by atoms with Crippen molar-refractivity contribution in [3.8, 4) is 0 Å². The smallest absolute Gasteiger partial charge is 0.309 e. The van der Waals surface area contributed by atoms with Crippen LogP contribution >= 0.6 is 0 Å². The fourth-order valence-electron chi connectivity index (χ4n) is 3.19. The summed E-state index contributed by atoms with van der Waals surface area (Å²) in [4.78, 5) is 11.8. The van der Waals surface area contributed by atoms with Crippen LogP contribution in [-0.2, 0) is 26.3 Å². The van der Waals surface area contributed by atoms with E-state index in [2.05, 4.69) is 0 Å². The van der Waals surface area contributed by atoms with E-state index in [1.54, 1.807) is 12.1 Å². The summed E-state index contributed by atoms with van der Waals surface area (Å²) in [6.07, 6.45) is 3.97. The third-order valence-electron chi connectivity index (χ3n) is 5.06. The van der Waals surface area contributed by atoms with E-state index < -0.39 is 10.1 Å². The zero-order valence-electron chi connectivity index (χ0n) is 16.7. The lowest BCUT2D eigenvalue weighted by Crippen LogP contribution is -2.26. The molecule has 29 heavy (non-hydrogen) atoms. The van der Waals surface area contributed by atoms with Gasteiger partial charge in [0.15, 0.2) is 0 Å². The summed E-state index contributed by atoms with van der Waals surface area (Å²) < 4.78 is 34.9. The van der Waals surface area contributed by atoms with Crippen molar-refractivity contribution in [1.29, 1.82) is 0 Å². The quantitative estimate of drug-likeness (QED) is 0.565. The molecular weight excluding hydrogens is 390 g/mol. The fraction of sp³-hybridized carbons (Fsp3) is 0.409. The Labute approximate surface area is 172 Å². The molecule has 1 aliphatic rings. The van der Waals surface area contributed by atoms with Gasteiger partial charge in [-0.05, 0) is 62.8 Å². The van der Waals surface area contributed by atoms with Crippen LogP contribution in [0.2, 0.25) is 0 Å². The molecule has 1 saturated carbocycles. The van der Waals surface area contributed by atoms with Gasteiger partial charge in [0.25, 0.3) is 10.1 Å². The SMILES string of the molecule is Cc1ccc(S(=O)(=O)O)cc1.NCC1CCC(C(=O)OCc2ccccc2)CC1. The molecule has 0 unspecified atom stereocenters. The van der Waals surface area contributed by atoms with Gasteiger partial charge in [0, 0.05) is 0 Å². The topological polar surface area (TPSA) is 107 Å². The highest BCUT2D eigenvalue weighted by atomic mass is 32.2. The second kappa shape index (κ2) is 11.1. The van der Waals surface area contributed by atoms with Crippen molar-refractivity contribution in [2.45, 2.75) is 44.1 Å². The molecule has 7 heteroatoms. The number of hydrogen-bond acceptors (Lipinski definition) is 5. The molecule has 0 saturated heterocycles. The molecule has 3 N–H and O–H groups in total. The van der Waals surface area contributed by atoms with E-state index in [9.17, 15) is 13.2 Å². The molecule has 0 spiro atoms. The van der Waals surface area contributed by atoms with Crippen molar-refractivity contribution in [1.82, 2.24) is 0 Å². The van der Waals surface area contributed by atoms with Crippen molar-refractivity contribution in [2.24, 2.45) is 17.6 Å². The summed E-state index contributed by atoms with van der Waals surface area (Å²) in [5, 5.41) is 0. The van der Waals surface area contributed by atoms with Crippen molar-refractivity contribution in [3.05, 3.63) is 65.7 Å². The van der Waals surface area contributed by atoms with Crippen LogP contribution in [0.5, 0.6) is 0 Å². The van der Waals surface area contributed by atoms with Crippen LogP contribution in [0, 0.1) is 18.8 Å². The number of benzene rings is 2. The van der Waals surface area contributed by atoms with E-state index in [1.807, 2.05) is 37.3 Å². The fourth-order valence-corrected chi connectivity index (χ4v) is 3.67. The number of hydrogen-bond donors (Lipinski definition) is 2. The highest BCUT2D eigenvalue weighted by Gasteiger charge is 2.26. The summed E-state index contributed by atoms with van der Waals surface area (Å²) in [5.74, 6) is 0.633. The molecule has 3 rings (SSSR count). The maximum atomic E-state index is 11.9. The highest BCUT2D eigenvalue weighted by molar-refractivity contribution is 7.85. The molecule has 0 radical (unpaired) electrons. The first-order valence-electron chi connectivity index (χ1n) is 9.74. The van der Waals surface area contributed by atoms with Crippen LogP contribution in [-0.4, -0.2) is 25.5 Å². The van der Waals surface area contributed by atoms with Gasteiger partial charge < -0.3 is 10.5 Å². The lowest BCUT2D eigenvalue weighted by atomic mass is 9.82. The number of aryl methyl sites for hydroxylation is 1. The molecule has 0 aliphatic heterocycles. The van der Waals surface area contributed by atoms with Gasteiger partial charge >= 0.3 is 5.97 Å². The minimum atomic E-state index is -4.02. The van der Waals surface area contributed by atoms with Gasteiger partial charge in [-0.25, -0.2) is 0 Å². The average molecular weight is 420 g/mol. The molecule has 0 heterocycles. The number of ether oxygens (including phenoxy) is 1. The Kier molecular flexibility index (Phi) is 8.82. The predicted octanol–water partition coefficient (Wildman–Crippen LogP) is 3.74. The van der Waals surface area contributed by atoms with Crippen molar-refractivity contribution in [3.63, 3.8) is 0 Å². The summed E-state index contributed by atoms with van der Waals surface area (Å²) in [5.41, 5.74) is 7.64. The molecule has 1 fully saturated rings. The van der Waals surface area contributed by atoms with Gasteiger partial charge in [-0.1, -0.05) is 48.0 Å². The molecule has 2 aromatic rings. The summed E-state index contributed by atoms with van der Waals surface area (Å²) >= 11 is 0. The first kappa shape index (κ1) is 23.1. The zero-order valence-corrected chi connectivity index (χ0v) is 17.5. The van der Waals surface area contributed by atoms with Gasteiger partial charge in [0.1, 0.15) is 6.61 Å². The standard InChI is InChI=1S/C15H21NO2.C7H8O3S/c16-10-12-6-8-14(9-7-12)15(17)18-11-13-4-2-1-3-5-13;1-6-2-4-7(5-3-6)11(8,9)10/h1-5,12,14H,6-11,16H2;2-5H,1H3,(H,8,9,10). The maximum Gasteiger partial charge on any atom is 0.309 e. The molecule has 158 valence electrons. The predicted molar refractivity (Wildman–Crippen MR) is 112 cm³/mol. The minimum Gasteiger partial charge on any atom is -0.461 e. The Bertz CT molecular complexity index is 858. The van der Waals surface area contributed by atoms with Crippen molar-refractivity contribution >= 4 is 16.1 Å². The minimum absolute atomic E-state index is 0.0469. The molecule has 0 amide bonds. The maximum absolute atomic E-state index is 11.9. The largest absolute Gasteiger partial charge is 0.461 e. The lowest BCUT2D eigenvalue weighted by molar-refractivity contribution is -0.151. The van der Waals surface area contributed by atoms with E-state index in [1.165, 1.54) is 12.1 Å². The average Bonchev–Trinajstić information content (AvgIpc) is 2.73. The van der Waals surface area contributed by atoms with Crippen LogP contribution in [0.4, 0.5) is 0 Å². The Balaban J connectivity index is 0.000000234. The van der Waals surface area contributed by atoms with Gasteiger partial charge in [0.05, 0.1) is 10.8 Å². The third-order valence-corrected chi connectivity index (χ3v) is 5.92. The van der Waals surface area contributed by atoms with Crippen LogP contribution in [0.25, 0.3) is 0 Å². The van der Waals surface area contributed by atoms with Gasteiger partial charge in [-0.2, -0.15) is 8.42 Å². The Morgan fingerprint density at radius 2 is 1.62 bits per heavy atom. The number of esters is 1. The van der Waals surface area contributed by atoms with Crippen LogP contribution in [0.15, 0.2) is 59.5 Å². The highest BCUT2D eigenvalue weighted by Crippen LogP contribution is 2.29. The van der Waals surface area contributed by atoms with E-state index >= 15 is 0 Å². The number of carbonyl (C=O) groups excluding carboxylic acids is 1. The summed E-state index contributed by atoms with van der Waals surface area (Å²) in [7, 11) is -4.02. The van der Waals surface area contributed by atoms with Gasteiger partial charge in [-0.3, -0.25) is 9.35 Å². The number of carbonyl (C=O) groups is 1. The molecule has 0 bridgehead atoms. The van der Waals surface area contributed by atoms with E-state index in [4.69, 9.17) is 15.0 Å². The first-order chi connectivity index (χ1) is 13.8. The third kappa shape index (κ3) is 7.97. The van der Waals surface area contributed by atoms with E-state index in [-0.39, 0.29) is 16.8 Å². The Hall–Kier alpha value is -2.22. The molecule has 1 aliphatic carbocycles. The van der Waals surface area contributed by atoms with Crippen LogP contribution in [0.1, 0.15) is 36.8 Å². The second-order valence-corrected chi connectivity index (χ2v) is 8.76. The van der Waals surface area contributed by atoms with Gasteiger partial charge in [-0.15, -0.1) is 0 Å². The Morgan fingerprint density at radius 1 is 1.03 bits per heavy atom.